The van der Waals surface area contributed by atoms with Gasteiger partial charge in [-0.2, -0.15) is 0 Å². The maximum absolute atomic E-state index is 12.0. The minimum absolute atomic E-state index is 0.114. The zero-order valence-electron chi connectivity index (χ0n) is 14.5. The van der Waals surface area contributed by atoms with Gasteiger partial charge in [0.15, 0.2) is 5.96 Å². The zero-order valence-corrected chi connectivity index (χ0v) is 14.5. The van der Waals surface area contributed by atoms with Gasteiger partial charge in [0, 0.05) is 12.7 Å². The highest BCUT2D eigenvalue weighted by atomic mass is 16.5. The fraction of sp³-hybridized carbons (Fsp3) is 0.278. The minimum Gasteiger partial charge on any atom is -0.497 e. The Hall–Kier alpha value is -3.09. The highest BCUT2D eigenvalue weighted by Crippen LogP contribution is 2.11. The Bertz CT molecular complexity index is 686. The molecule has 0 aliphatic carbocycles. The highest BCUT2D eigenvalue weighted by molar-refractivity contribution is 5.94. The Morgan fingerprint density at radius 3 is 2.64 bits per heavy atom. The van der Waals surface area contributed by atoms with Crippen molar-refractivity contribution in [1.29, 1.82) is 0 Å². The molecule has 7 nitrogen and oxygen atoms in total. The molecule has 0 aliphatic heterocycles. The lowest BCUT2D eigenvalue weighted by Crippen LogP contribution is -2.41. The van der Waals surface area contributed by atoms with Crippen molar-refractivity contribution in [1.82, 2.24) is 15.6 Å². The maximum atomic E-state index is 12.0. The number of hydrogen-bond acceptors (Lipinski definition) is 4. The van der Waals surface area contributed by atoms with Crippen molar-refractivity contribution < 1.29 is 9.53 Å². The Kier molecular flexibility index (Phi) is 7.24. The highest BCUT2D eigenvalue weighted by Gasteiger charge is 2.04. The van der Waals surface area contributed by atoms with Crippen LogP contribution in [0.25, 0.3) is 0 Å². The average Bonchev–Trinajstić information content (AvgIpc) is 2.65. The van der Waals surface area contributed by atoms with Crippen molar-refractivity contribution in [2.24, 2.45) is 4.99 Å². The van der Waals surface area contributed by atoms with Crippen LogP contribution in [-0.4, -0.2) is 37.1 Å². The number of pyridine rings is 1. The molecule has 25 heavy (non-hydrogen) atoms. The molecule has 3 N–H and O–H groups in total. The lowest BCUT2D eigenvalue weighted by Gasteiger charge is -2.11. The second kappa shape index (κ2) is 9.92. The number of benzene rings is 1. The summed E-state index contributed by atoms with van der Waals surface area (Å²) in [5.74, 6) is 1.23. The molecule has 1 aromatic carbocycles. The Morgan fingerprint density at radius 1 is 1.20 bits per heavy atom. The van der Waals surface area contributed by atoms with Gasteiger partial charge in [0.2, 0.25) is 5.91 Å². The van der Waals surface area contributed by atoms with E-state index >= 15 is 0 Å². The molecule has 1 heterocycles. The van der Waals surface area contributed by atoms with Gasteiger partial charge in [-0.1, -0.05) is 12.1 Å². The molecule has 0 bridgehead atoms. The van der Waals surface area contributed by atoms with Gasteiger partial charge in [0.05, 0.1) is 32.1 Å². The number of ether oxygens (including phenoxy) is 1. The first-order valence-electron chi connectivity index (χ1n) is 8.06. The number of nitrogens with one attached hydrogen (secondary N) is 3. The van der Waals surface area contributed by atoms with E-state index in [-0.39, 0.29) is 12.5 Å². The molecule has 0 spiro atoms. The van der Waals surface area contributed by atoms with Gasteiger partial charge in [-0.15, -0.1) is 0 Å². The molecule has 0 aliphatic rings. The fourth-order valence-corrected chi connectivity index (χ4v) is 2.05. The summed E-state index contributed by atoms with van der Waals surface area (Å²) in [6.07, 6.45) is 3.25. The van der Waals surface area contributed by atoms with Crippen LogP contribution in [0.4, 0.5) is 5.69 Å². The first-order chi connectivity index (χ1) is 12.2. The van der Waals surface area contributed by atoms with E-state index in [4.69, 9.17) is 4.74 Å². The lowest BCUT2D eigenvalue weighted by atomic mass is 10.2. The van der Waals surface area contributed by atoms with E-state index < -0.39 is 0 Å². The summed E-state index contributed by atoms with van der Waals surface area (Å²) in [6, 6.07) is 11.3. The molecule has 0 saturated carbocycles. The Labute approximate surface area is 147 Å². The molecule has 0 unspecified atom stereocenters. The molecule has 1 amide bonds. The van der Waals surface area contributed by atoms with Gasteiger partial charge in [-0.25, -0.2) is 4.99 Å². The van der Waals surface area contributed by atoms with Crippen molar-refractivity contribution in [3.05, 3.63) is 54.4 Å². The second-order valence-electron chi connectivity index (χ2n) is 5.19. The number of rotatable bonds is 7. The first-order valence-corrected chi connectivity index (χ1v) is 8.06. The average molecular weight is 341 g/mol. The molecule has 132 valence electrons. The van der Waals surface area contributed by atoms with Gasteiger partial charge in [0.25, 0.3) is 0 Å². The molecular formula is C18H23N5O2. The van der Waals surface area contributed by atoms with Crippen LogP contribution in [0, 0.1) is 0 Å². The molecule has 0 radical (unpaired) electrons. The quantitative estimate of drug-likeness (QED) is 0.528. The summed E-state index contributed by atoms with van der Waals surface area (Å²) in [6.45, 7) is 3.30. The summed E-state index contributed by atoms with van der Waals surface area (Å²) in [4.78, 5) is 20.4. The predicted molar refractivity (Wildman–Crippen MR) is 98.7 cm³/mol. The lowest BCUT2D eigenvalue weighted by molar-refractivity contribution is -0.115. The number of aromatic nitrogens is 1. The number of anilines is 1. The molecule has 7 heteroatoms. The van der Waals surface area contributed by atoms with E-state index in [1.165, 1.54) is 0 Å². The molecular weight excluding hydrogens is 318 g/mol. The van der Waals surface area contributed by atoms with Crippen LogP contribution in [0.2, 0.25) is 0 Å². The number of hydrogen-bond donors (Lipinski definition) is 3. The first kappa shape index (κ1) is 18.3. The van der Waals surface area contributed by atoms with E-state index in [2.05, 4.69) is 25.9 Å². The SMILES string of the molecule is CCNC(=NCc1ccc(OC)cc1)NCC(=O)Nc1cccnc1. The standard InChI is InChI=1S/C18H23N5O2/c1-3-20-18(21-11-14-6-8-16(25-2)9-7-14)22-13-17(24)23-15-5-4-10-19-12-15/h4-10,12H,3,11,13H2,1-2H3,(H,23,24)(H2,20,21,22). The Morgan fingerprint density at radius 2 is 2.00 bits per heavy atom. The van der Waals surface area contributed by atoms with E-state index in [1.54, 1.807) is 31.6 Å². The Balaban J connectivity index is 1.87. The van der Waals surface area contributed by atoms with Crippen molar-refractivity contribution >= 4 is 17.6 Å². The van der Waals surface area contributed by atoms with Gasteiger partial charge in [-0.05, 0) is 36.8 Å². The van der Waals surface area contributed by atoms with Crippen LogP contribution in [0.1, 0.15) is 12.5 Å². The molecule has 0 saturated heterocycles. The van der Waals surface area contributed by atoms with Gasteiger partial charge >= 0.3 is 0 Å². The third kappa shape index (κ3) is 6.50. The summed E-state index contributed by atoms with van der Waals surface area (Å²) in [5, 5.41) is 8.90. The van der Waals surface area contributed by atoms with Crippen LogP contribution < -0.4 is 20.7 Å². The fourth-order valence-electron chi connectivity index (χ4n) is 2.05. The third-order valence-corrected chi connectivity index (χ3v) is 3.28. The smallest absolute Gasteiger partial charge is 0.243 e. The van der Waals surface area contributed by atoms with Gasteiger partial charge in [-0.3, -0.25) is 9.78 Å². The topological polar surface area (TPSA) is 87.6 Å². The van der Waals surface area contributed by atoms with E-state index in [9.17, 15) is 4.79 Å². The number of guanidine groups is 1. The maximum Gasteiger partial charge on any atom is 0.243 e. The van der Waals surface area contributed by atoms with E-state index in [0.29, 0.717) is 24.7 Å². The number of carbonyl (C=O) groups is 1. The minimum atomic E-state index is -0.164. The second-order valence-corrected chi connectivity index (χ2v) is 5.19. The summed E-state index contributed by atoms with van der Waals surface area (Å²) in [5.41, 5.74) is 1.72. The molecule has 0 atom stereocenters. The number of amides is 1. The van der Waals surface area contributed by atoms with Gasteiger partial charge < -0.3 is 20.7 Å². The van der Waals surface area contributed by atoms with E-state index in [0.717, 1.165) is 11.3 Å². The molecule has 1 aromatic heterocycles. The molecule has 2 aromatic rings. The van der Waals surface area contributed by atoms with Crippen LogP contribution in [0.15, 0.2) is 53.8 Å². The normalized spacial score (nSPS) is 10.9. The zero-order chi connectivity index (χ0) is 17.9. The van der Waals surface area contributed by atoms with Crippen LogP contribution in [0.5, 0.6) is 5.75 Å². The van der Waals surface area contributed by atoms with E-state index in [1.807, 2.05) is 31.2 Å². The van der Waals surface area contributed by atoms with Crippen molar-refractivity contribution in [3.63, 3.8) is 0 Å². The number of aliphatic imine (C=N–C) groups is 1. The van der Waals surface area contributed by atoms with Crippen molar-refractivity contribution in [2.45, 2.75) is 13.5 Å². The van der Waals surface area contributed by atoms with Gasteiger partial charge in [0.1, 0.15) is 5.75 Å². The van der Waals surface area contributed by atoms with Crippen molar-refractivity contribution in [2.75, 3.05) is 25.5 Å². The summed E-state index contributed by atoms with van der Waals surface area (Å²) < 4.78 is 5.14. The molecule has 0 fully saturated rings. The van der Waals surface area contributed by atoms with Crippen LogP contribution >= 0.6 is 0 Å². The van der Waals surface area contributed by atoms with Crippen LogP contribution in [-0.2, 0) is 11.3 Å². The van der Waals surface area contributed by atoms with Crippen LogP contribution in [0.3, 0.4) is 0 Å². The van der Waals surface area contributed by atoms with Crippen molar-refractivity contribution in [3.8, 4) is 5.75 Å². The number of carbonyl (C=O) groups excluding carboxylic acids is 1. The monoisotopic (exact) mass is 341 g/mol. The largest absolute Gasteiger partial charge is 0.497 e. The summed E-state index contributed by atoms with van der Waals surface area (Å²) in [7, 11) is 1.64. The number of nitrogens with zero attached hydrogens (tertiary/aromatic N) is 2. The number of methoxy groups -OCH3 is 1. The molecule has 2 rings (SSSR count). The predicted octanol–water partition coefficient (Wildman–Crippen LogP) is 1.78. The summed E-state index contributed by atoms with van der Waals surface area (Å²) >= 11 is 0. The third-order valence-electron chi connectivity index (χ3n) is 3.28.